The summed E-state index contributed by atoms with van der Waals surface area (Å²) in [5, 5.41) is 12.6. The third-order valence-electron chi connectivity index (χ3n) is 2.15. The second-order valence-electron chi connectivity index (χ2n) is 3.30. The van der Waals surface area contributed by atoms with Gasteiger partial charge in [0.1, 0.15) is 0 Å². The zero-order valence-electron chi connectivity index (χ0n) is 8.44. The molecule has 0 fully saturated rings. The lowest BCUT2D eigenvalue weighted by Crippen LogP contribution is -1.91. The monoisotopic (exact) mass is 228 g/mol. The fourth-order valence-electron chi connectivity index (χ4n) is 1.37. The topological polar surface area (TPSA) is 35.8 Å². The highest BCUT2D eigenvalue weighted by atomic mass is 35.5. The van der Waals surface area contributed by atoms with Crippen molar-refractivity contribution >= 4 is 23.0 Å². The van der Waals surface area contributed by atoms with E-state index in [1.165, 1.54) is 0 Å². The predicted molar refractivity (Wildman–Crippen MR) is 65.9 cm³/mol. The van der Waals surface area contributed by atoms with Gasteiger partial charge in [0.2, 0.25) is 0 Å². The Kier molecular flexibility index (Phi) is 3.09. The molecule has 0 saturated heterocycles. The lowest BCUT2D eigenvalue weighted by Gasteiger charge is -2.08. The molecule has 0 aliphatic carbocycles. The van der Waals surface area contributed by atoms with Crippen molar-refractivity contribution < 1.29 is 0 Å². The van der Waals surface area contributed by atoms with Gasteiger partial charge in [0.05, 0.1) is 22.3 Å². The number of para-hydroxylation sites is 1. The summed E-state index contributed by atoms with van der Waals surface area (Å²) in [5.74, 6) is 0. The van der Waals surface area contributed by atoms with Crippen LogP contribution in [0.4, 0.5) is 11.4 Å². The van der Waals surface area contributed by atoms with E-state index in [4.69, 9.17) is 16.9 Å². The summed E-state index contributed by atoms with van der Waals surface area (Å²) in [4.78, 5) is 0. The average Bonchev–Trinajstić information content (AvgIpc) is 2.33. The van der Waals surface area contributed by atoms with Crippen molar-refractivity contribution in [1.82, 2.24) is 0 Å². The smallest absolute Gasteiger partial charge is 0.0992 e. The number of nitrogens with one attached hydrogen (secondary N) is 1. The van der Waals surface area contributed by atoms with Crippen molar-refractivity contribution in [3.8, 4) is 6.07 Å². The van der Waals surface area contributed by atoms with Gasteiger partial charge in [-0.05, 0) is 30.3 Å². The maximum absolute atomic E-state index is 8.80. The maximum atomic E-state index is 8.80. The van der Waals surface area contributed by atoms with Crippen LogP contribution in [0.15, 0.2) is 48.5 Å². The van der Waals surface area contributed by atoms with Gasteiger partial charge in [-0.25, -0.2) is 0 Å². The molecule has 0 spiro atoms. The molecule has 0 aromatic heterocycles. The fourth-order valence-corrected chi connectivity index (χ4v) is 1.53. The van der Waals surface area contributed by atoms with Crippen LogP contribution in [0, 0.1) is 11.3 Å². The van der Waals surface area contributed by atoms with Crippen LogP contribution in [0.3, 0.4) is 0 Å². The highest BCUT2D eigenvalue weighted by Crippen LogP contribution is 2.26. The fraction of sp³-hybridized carbons (Fsp3) is 0. The molecule has 0 bridgehead atoms. The summed E-state index contributed by atoms with van der Waals surface area (Å²) in [6.07, 6.45) is 0. The molecule has 0 atom stereocenters. The number of nitriles is 1. The van der Waals surface area contributed by atoms with E-state index < -0.39 is 0 Å². The van der Waals surface area contributed by atoms with Gasteiger partial charge in [-0.1, -0.05) is 29.8 Å². The van der Waals surface area contributed by atoms with E-state index in [1.807, 2.05) is 30.3 Å². The van der Waals surface area contributed by atoms with Crippen LogP contribution in [-0.2, 0) is 0 Å². The van der Waals surface area contributed by atoms with Gasteiger partial charge < -0.3 is 5.32 Å². The molecule has 3 heteroatoms. The molecule has 78 valence electrons. The molecule has 0 aliphatic heterocycles. The largest absolute Gasteiger partial charge is 0.354 e. The number of hydrogen-bond acceptors (Lipinski definition) is 2. The van der Waals surface area contributed by atoms with Crippen LogP contribution in [0.25, 0.3) is 0 Å². The second kappa shape index (κ2) is 4.69. The van der Waals surface area contributed by atoms with Crippen LogP contribution < -0.4 is 5.32 Å². The SMILES string of the molecule is N#Cc1ccc(Cl)c(Nc2ccccc2)c1. The van der Waals surface area contributed by atoms with E-state index in [0.717, 1.165) is 11.4 Å². The Labute approximate surface area is 99.1 Å². The van der Waals surface area contributed by atoms with Crippen LogP contribution >= 0.6 is 11.6 Å². The standard InChI is InChI=1S/C13H9ClN2/c14-12-7-6-10(9-15)8-13(12)16-11-4-2-1-3-5-11/h1-8,16H. The van der Waals surface area contributed by atoms with Gasteiger partial charge in [0, 0.05) is 5.69 Å². The minimum Gasteiger partial charge on any atom is -0.354 e. The lowest BCUT2D eigenvalue weighted by atomic mass is 10.2. The van der Waals surface area contributed by atoms with Gasteiger partial charge >= 0.3 is 0 Å². The summed E-state index contributed by atoms with van der Waals surface area (Å²) in [6, 6.07) is 16.9. The molecule has 2 nitrogen and oxygen atoms in total. The second-order valence-corrected chi connectivity index (χ2v) is 3.70. The third kappa shape index (κ3) is 2.33. The minimum atomic E-state index is 0.586. The molecule has 1 N–H and O–H groups in total. The van der Waals surface area contributed by atoms with Gasteiger partial charge in [-0.15, -0.1) is 0 Å². The Hall–Kier alpha value is -1.98. The van der Waals surface area contributed by atoms with Crippen LogP contribution in [0.5, 0.6) is 0 Å². The number of anilines is 2. The van der Waals surface area contributed by atoms with Gasteiger partial charge in [0.15, 0.2) is 0 Å². The molecule has 0 amide bonds. The van der Waals surface area contributed by atoms with E-state index >= 15 is 0 Å². The zero-order chi connectivity index (χ0) is 11.4. The number of hydrogen-bond donors (Lipinski definition) is 1. The maximum Gasteiger partial charge on any atom is 0.0992 e. The molecule has 2 rings (SSSR count). The summed E-state index contributed by atoms with van der Waals surface area (Å²) < 4.78 is 0. The first-order chi connectivity index (χ1) is 7.79. The minimum absolute atomic E-state index is 0.586. The van der Waals surface area contributed by atoms with E-state index in [-0.39, 0.29) is 0 Å². The summed E-state index contributed by atoms with van der Waals surface area (Å²) in [6.45, 7) is 0. The quantitative estimate of drug-likeness (QED) is 0.845. The Morgan fingerprint density at radius 1 is 1.06 bits per heavy atom. The van der Waals surface area contributed by atoms with Crippen molar-refractivity contribution in [1.29, 1.82) is 5.26 Å². The van der Waals surface area contributed by atoms with Crippen LogP contribution in [0.2, 0.25) is 5.02 Å². The van der Waals surface area contributed by atoms with Crippen molar-refractivity contribution in [2.45, 2.75) is 0 Å². The first-order valence-electron chi connectivity index (χ1n) is 4.81. The molecule has 0 heterocycles. The molecule has 16 heavy (non-hydrogen) atoms. The molecule has 2 aromatic rings. The van der Waals surface area contributed by atoms with Crippen molar-refractivity contribution in [3.05, 3.63) is 59.1 Å². The average molecular weight is 229 g/mol. The van der Waals surface area contributed by atoms with E-state index in [2.05, 4.69) is 11.4 Å². The van der Waals surface area contributed by atoms with E-state index in [0.29, 0.717) is 10.6 Å². The molecular weight excluding hydrogens is 220 g/mol. The molecule has 2 aromatic carbocycles. The van der Waals surface area contributed by atoms with Crippen molar-refractivity contribution in [2.24, 2.45) is 0 Å². The third-order valence-corrected chi connectivity index (χ3v) is 2.48. The van der Waals surface area contributed by atoms with Gasteiger partial charge in [0.25, 0.3) is 0 Å². The molecular formula is C13H9ClN2. The van der Waals surface area contributed by atoms with E-state index in [1.54, 1.807) is 18.2 Å². The number of benzene rings is 2. The highest BCUT2D eigenvalue weighted by Gasteiger charge is 2.01. The van der Waals surface area contributed by atoms with Crippen molar-refractivity contribution in [3.63, 3.8) is 0 Å². The lowest BCUT2D eigenvalue weighted by molar-refractivity contribution is 1.47. The number of nitrogens with zero attached hydrogens (tertiary/aromatic N) is 1. The first-order valence-corrected chi connectivity index (χ1v) is 5.19. The summed E-state index contributed by atoms with van der Waals surface area (Å²) in [5.41, 5.74) is 2.27. The Morgan fingerprint density at radius 2 is 1.81 bits per heavy atom. The van der Waals surface area contributed by atoms with Crippen LogP contribution in [0.1, 0.15) is 5.56 Å². The Balaban J connectivity index is 2.31. The summed E-state index contributed by atoms with van der Waals surface area (Å²) in [7, 11) is 0. The number of rotatable bonds is 2. The van der Waals surface area contributed by atoms with Gasteiger partial charge in [-0.3, -0.25) is 0 Å². The van der Waals surface area contributed by atoms with E-state index in [9.17, 15) is 0 Å². The zero-order valence-corrected chi connectivity index (χ0v) is 9.20. The Morgan fingerprint density at radius 3 is 2.50 bits per heavy atom. The summed E-state index contributed by atoms with van der Waals surface area (Å²) >= 11 is 6.03. The van der Waals surface area contributed by atoms with Crippen LogP contribution in [-0.4, -0.2) is 0 Å². The number of halogens is 1. The predicted octanol–water partition coefficient (Wildman–Crippen LogP) is 3.96. The molecule has 0 saturated carbocycles. The normalized spacial score (nSPS) is 9.50. The molecule has 0 aliphatic rings. The highest BCUT2D eigenvalue weighted by molar-refractivity contribution is 6.33. The van der Waals surface area contributed by atoms with Crippen molar-refractivity contribution in [2.75, 3.05) is 5.32 Å². The molecule has 0 radical (unpaired) electrons. The van der Waals surface area contributed by atoms with Gasteiger partial charge in [-0.2, -0.15) is 5.26 Å². The Bertz CT molecular complexity index is 529. The molecule has 0 unspecified atom stereocenters. The first kappa shape index (κ1) is 10.5.